The molecule has 28 heavy (non-hydrogen) atoms. The van der Waals surface area contributed by atoms with Crippen LogP contribution in [-0.4, -0.2) is 91.9 Å². The molecule has 2 N–H and O–H groups in total. The van der Waals surface area contributed by atoms with Gasteiger partial charge in [-0.25, -0.2) is 4.79 Å². The van der Waals surface area contributed by atoms with Crippen molar-refractivity contribution in [3.05, 3.63) is 0 Å². The quantitative estimate of drug-likeness (QED) is 0.405. The van der Waals surface area contributed by atoms with E-state index in [-0.39, 0.29) is 12.0 Å². The second-order valence-electron chi connectivity index (χ2n) is 7.98. The van der Waals surface area contributed by atoms with Crippen LogP contribution < -0.4 is 10.6 Å². The van der Waals surface area contributed by atoms with Crippen molar-refractivity contribution in [3.63, 3.8) is 0 Å². The first-order valence-electron chi connectivity index (χ1n) is 10.2. The van der Waals surface area contributed by atoms with Gasteiger partial charge in [-0.15, -0.1) is 0 Å². The van der Waals surface area contributed by atoms with E-state index in [0.29, 0.717) is 32.8 Å². The fraction of sp³-hybridized carbons (Fsp3) is 0.842. The number of hydrogen-bond acceptors (Lipinski definition) is 5. The van der Waals surface area contributed by atoms with Crippen LogP contribution in [0.5, 0.6) is 0 Å². The van der Waals surface area contributed by atoms with Crippen LogP contribution >= 0.6 is 0 Å². The fourth-order valence-corrected chi connectivity index (χ4v) is 3.17. The summed E-state index contributed by atoms with van der Waals surface area (Å²) in [5, 5.41) is 5.99. The molecular formula is C19H35N5O4. The van der Waals surface area contributed by atoms with Crippen LogP contribution in [0.25, 0.3) is 0 Å². The molecule has 2 amide bonds. The van der Waals surface area contributed by atoms with Gasteiger partial charge in [-0.2, -0.15) is 0 Å². The zero-order valence-corrected chi connectivity index (χ0v) is 17.6. The summed E-state index contributed by atoms with van der Waals surface area (Å²) in [6.07, 6.45) is 1.10. The summed E-state index contributed by atoms with van der Waals surface area (Å²) in [5.74, 6) is 0.915. The molecule has 1 atom stereocenters. The number of carbonyl (C=O) groups excluding carboxylic acids is 2. The van der Waals surface area contributed by atoms with Gasteiger partial charge in [0.2, 0.25) is 0 Å². The number of hydrogen-bond donors (Lipinski definition) is 2. The van der Waals surface area contributed by atoms with E-state index >= 15 is 0 Å². The monoisotopic (exact) mass is 397 g/mol. The molecule has 9 nitrogen and oxygen atoms in total. The van der Waals surface area contributed by atoms with Crippen LogP contribution in [0.1, 0.15) is 40.5 Å². The van der Waals surface area contributed by atoms with Gasteiger partial charge >= 0.3 is 6.09 Å². The van der Waals surface area contributed by atoms with Crippen molar-refractivity contribution in [2.75, 3.05) is 52.4 Å². The largest absolute Gasteiger partial charge is 0.444 e. The Morgan fingerprint density at radius 2 is 1.82 bits per heavy atom. The van der Waals surface area contributed by atoms with Gasteiger partial charge in [0.25, 0.3) is 5.91 Å². The molecule has 0 spiro atoms. The van der Waals surface area contributed by atoms with Gasteiger partial charge < -0.3 is 29.9 Å². The molecular weight excluding hydrogens is 362 g/mol. The van der Waals surface area contributed by atoms with E-state index in [1.54, 1.807) is 0 Å². The highest BCUT2D eigenvalue weighted by Crippen LogP contribution is 2.16. The number of guanidine groups is 1. The maximum atomic E-state index is 12.5. The SMILES string of the molecule is CCNC(=NCCNC(=O)OC(C)(C)C)N1CCN(C(=O)C2CCCO2)CC1. The topological polar surface area (TPSA) is 95.5 Å². The van der Waals surface area contributed by atoms with Crippen molar-refractivity contribution in [3.8, 4) is 0 Å². The predicted molar refractivity (Wildman–Crippen MR) is 107 cm³/mol. The zero-order valence-electron chi connectivity index (χ0n) is 17.6. The van der Waals surface area contributed by atoms with E-state index in [1.165, 1.54) is 0 Å². The number of piperazine rings is 1. The van der Waals surface area contributed by atoms with E-state index in [2.05, 4.69) is 20.5 Å². The molecule has 2 heterocycles. The molecule has 0 aliphatic carbocycles. The second-order valence-corrected chi connectivity index (χ2v) is 7.98. The van der Waals surface area contributed by atoms with Crippen LogP contribution in [-0.2, 0) is 14.3 Å². The Balaban J connectivity index is 1.77. The highest BCUT2D eigenvalue weighted by molar-refractivity contribution is 5.83. The number of rotatable bonds is 5. The molecule has 9 heteroatoms. The minimum Gasteiger partial charge on any atom is -0.444 e. The molecule has 0 radical (unpaired) electrons. The van der Waals surface area contributed by atoms with Gasteiger partial charge in [-0.3, -0.25) is 9.79 Å². The third kappa shape index (κ3) is 7.18. The van der Waals surface area contributed by atoms with Crippen LogP contribution in [0.2, 0.25) is 0 Å². The Morgan fingerprint density at radius 3 is 2.39 bits per heavy atom. The lowest BCUT2D eigenvalue weighted by Gasteiger charge is -2.37. The Hall–Kier alpha value is -2.03. The van der Waals surface area contributed by atoms with Crippen molar-refractivity contribution < 1.29 is 19.1 Å². The third-order valence-electron chi connectivity index (χ3n) is 4.47. The van der Waals surface area contributed by atoms with Crippen molar-refractivity contribution in [1.82, 2.24) is 20.4 Å². The normalized spacial score (nSPS) is 20.9. The van der Waals surface area contributed by atoms with Gasteiger partial charge in [0.15, 0.2) is 5.96 Å². The van der Waals surface area contributed by atoms with Gasteiger partial charge in [0, 0.05) is 45.9 Å². The molecule has 2 fully saturated rings. The number of aliphatic imine (C=N–C) groups is 1. The van der Waals surface area contributed by atoms with E-state index in [4.69, 9.17) is 9.47 Å². The van der Waals surface area contributed by atoms with Crippen LogP contribution in [0, 0.1) is 0 Å². The average molecular weight is 398 g/mol. The molecule has 0 bridgehead atoms. The molecule has 2 aliphatic rings. The number of carbonyl (C=O) groups is 2. The number of nitrogens with zero attached hydrogens (tertiary/aromatic N) is 3. The highest BCUT2D eigenvalue weighted by atomic mass is 16.6. The first-order valence-corrected chi connectivity index (χ1v) is 10.2. The molecule has 0 aromatic rings. The van der Waals surface area contributed by atoms with E-state index < -0.39 is 11.7 Å². The second kappa shape index (κ2) is 10.5. The highest BCUT2D eigenvalue weighted by Gasteiger charge is 2.30. The first kappa shape index (κ1) is 22.3. The Kier molecular flexibility index (Phi) is 8.35. The summed E-state index contributed by atoms with van der Waals surface area (Å²) < 4.78 is 10.7. The number of amides is 2. The summed E-state index contributed by atoms with van der Waals surface area (Å²) >= 11 is 0. The average Bonchev–Trinajstić information content (AvgIpc) is 3.17. The first-order chi connectivity index (χ1) is 13.3. The molecule has 0 aromatic carbocycles. The van der Waals surface area contributed by atoms with Crippen LogP contribution in [0.15, 0.2) is 4.99 Å². The number of nitrogens with one attached hydrogen (secondary N) is 2. The zero-order chi connectivity index (χ0) is 20.6. The number of alkyl carbamates (subject to hydrolysis) is 1. The molecule has 1 unspecified atom stereocenters. The number of ether oxygens (including phenoxy) is 2. The molecule has 0 saturated carbocycles. The summed E-state index contributed by atoms with van der Waals surface area (Å²) in [5.41, 5.74) is -0.511. The lowest BCUT2D eigenvalue weighted by Crippen LogP contribution is -2.55. The van der Waals surface area contributed by atoms with E-state index in [0.717, 1.165) is 38.4 Å². The maximum absolute atomic E-state index is 12.5. The lowest BCUT2D eigenvalue weighted by atomic mass is 10.2. The van der Waals surface area contributed by atoms with Crippen molar-refractivity contribution in [2.24, 2.45) is 4.99 Å². The van der Waals surface area contributed by atoms with E-state index in [1.807, 2.05) is 32.6 Å². The van der Waals surface area contributed by atoms with Crippen molar-refractivity contribution >= 4 is 18.0 Å². The molecule has 2 saturated heterocycles. The van der Waals surface area contributed by atoms with Crippen LogP contribution in [0.3, 0.4) is 0 Å². The Bertz CT molecular complexity index is 547. The molecule has 2 rings (SSSR count). The maximum Gasteiger partial charge on any atom is 0.407 e. The van der Waals surface area contributed by atoms with Crippen molar-refractivity contribution in [1.29, 1.82) is 0 Å². The predicted octanol–water partition coefficient (Wildman–Crippen LogP) is 0.800. The summed E-state index contributed by atoms with van der Waals surface area (Å²) in [6.45, 7) is 12.6. The van der Waals surface area contributed by atoms with Gasteiger partial charge in [0.1, 0.15) is 11.7 Å². The van der Waals surface area contributed by atoms with Gasteiger partial charge in [-0.1, -0.05) is 0 Å². The standard InChI is InChI=1S/C19H35N5O4/c1-5-20-17(21-8-9-22-18(26)28-19(2,3)4)24-12-10-23(11-13-24)16(25)15-7-6-14-27-15/h15H,5-14H2,1-4H3,(H,20,21)(H,22,26). The summed E-state index contributed by atoms with van der Waals surface area (Å²) in [6, 6.07) is 0. The third-order valence-corrected chi connectivity index (χ3v) is 4.47. The summed E-state index contributed by atoms with van der Waals surface area (Å²) in [7, 11) is 0. The van der Waals surface area contributed by atoms with E-state index in [9.17, 15) is 9.59 Å². The molecule has 2 aliphatic heterocycles. The van der Waals surface area contributed by atoms with Gasteiger partial charge in [-0.05, 0) is 40.5 Å². The smallest absolute Gasteiger partial charge is 0.407 e. The fourth-order valence-electron chi connectivity index (χ4n) is 3.17. The molecule has 160 valence electrons. The lowest BCUT2D eigenvalue weighted by molar-refractivity contribution is -0.142. The van der Waals surface area contributed by atoms with Gasteiger partial charge in [0.05, 0.1) is 6.54 Å². The molecule has 0 aromatic heterocycles. The van der Waals surface area contributed by atoms with Crippen molar-refractivity contribution in [2.45, 2.75) is 52.2 Å². The minimum atomic E-state index is -0.511. The summed E-state index contributed by atoms with van der Waals surface area (Å²) in [4.78, 5) is 32.8. The Labute approximate surface area is 167 Å². The minimum absolute atomic E-state index is 0.112. The van der Waals surface area contributed by atoms with Crippen LogP contribution in [0.4, 0.5) is 4.79 Å². The Morgan fingerprint density at radius 1 is 1.14 bits per heavy atom.